The molecule has 1 heterocycles. The first-order chi connectivity index (χ1) is 8.74. The van der Waals surface area contributed by atoms with E-state index < -0.39 is 0 Å². The zero-order valence-corrected chi connectivity index (χ0v) is 11.2. The molecule has 1 amide bonds. The number of nitrogens with one attached hydrogen (secondary N) is 1. The van der Waals surface area contributed by atoms with Crippen LogP contribution in [0.5, 0.6) is 0 Å². The number of fused-ring (bicyclic) bond motifs is 2. The first-order valence-electron chi connectivity index (χ1n) is 7.31. The number of nitrogens with zero attached hydrogens (tertiary/aromatic N) is 1. The Morgan fingerprint density at radius 3 is 2.89 bits per heavy atom. The highest BCUT2D eigenvalue weighted by Crippen LogP contribution is 2.48. The van der Waals surface area contributed by atoms with Crippen LogP contribution in [-0.2, 0) is 9.53 Å². The minimum Gasteiger partial charge on any atom is -0.374 e. The van der Waals surface area contributed by atoms with Crippen LogP contribution in [0.4, 0.5) is 0 Å². The van der Waals surface area contributed by atoms with Crippen molar-refractivity contribution in [2.45, 2.75) is 31.8 Å². The molecule has 3 rings (SSSR count). The molecule has 2 aliphatic carbocycles. The van der Waals surface area contributed by atoms with Crippen molar-refractivity contribution in [3.8, 4) is 0 Å². The summed E-state index contributed by atoms with van der Waals surface area (Å²) in [6, 6.07) is 0. The lowest BCUT2D eigenvalue weighted by Crippen LogP contribution is -2.47. The number of carbonyl (C=O) groups excluding carboxylic acids is 1. The van der Waals surface area contributed by atoms with Crippen molar-refractivity contribution >= 4 is 5.91 Å². The number of hydrogen-bond acceptors (Lipinski definition) is 3. The van der Waals surface area contributed by atoms with E-state index in [0.29, 0.717) is 17.7 Å². The quantitative estimate of drug-likeness (QED) is 0.810. The normalized spacial score (nSPS) is 38.9. The summed E-state index contributed by atoms with van der Waals surface area (Å²) in [5.74, 6) is 2.18. The summed E-state index contributed by atoms with van der Waals surface area (Å²) in [5, 5.41) is 3.31. The molecule has 0 radical (unpaired) electrons. The summed E-state index contributed by atoms with van der Waals surface area (Å²) in [4.78, 5) is 14.4. The summed E-state index contributed by atoms with van der Waals surface area (Å²) in [6.07, 6.45) is 5.24. The predicted octanol–water partition coefficient (Wildman–Crippen LogP) is 0.869. The topological polar surface area (TPSA) is 41.6 Å². The Morgan fingerprint density at radius 2 is 2.28 bits per heavy atom. The maximum atomic E-state index is 12.5. The van der Waals surface area contributed by atoms with Gasteiger partial charge in [-0.3, -0.25) is 4.79 Å². The summed E-state index contributed by atoms with van der Waals surface area (Å²) in [6.45, 7) is 3.30. The minimum absolute atomic E-state index is 0.172. The van der Waals surface area contributed by atoms with Gasteiger partial charge in [-0.25, -0.2) is 0 Å². The van der Waals surface area contributed by atoms with Gasteiger partial charge in [0.2, 0.25) is 5.91 Å². The van der Waals surface area contributed by atoms with Gasteiger partial charge in [0.05, 0.1) is 12.7 Å². The molecule has 3 aliphatic rings. The Bertz CT molecular complexity index is 315. The molecule has 1 aliphatic heterocycles. The zero-order valence-electron chi connectivity index (χ0n) is 11.2. The Balaban J connectivity index is 1.52. The number of hydrogen-bond donors (Lipinski definition) is 1. The van der Waals surface area contributed by atoms with Crippen LogP contribution in [0.1, 0.15) is 25.7 Å². The van der Waals surface area contributed by atoms with E-state index in [4.69, 9.17) is 4.74 Å². The Hall–Kier alpha value is -0.610. The summed E-state index contributed by atoms with van der Waals surface area (Å²) < 4.78 is 5.67. The van der Waals surface area contributed by atoms with Crippen molar-refractivity contribution in [1.82, 2.24) is 10.2 Å². The van der Waals surface area contributed by atoms with Gasteiger partial charge in [0.25, 0.3) is 0 Å². The second kappa shape index (κ2) is 5.17. The predicted molar refractivity (Wildman–Crippen MR) is 69.2 cm³/mol. The molecule has 1 N–H and O–H groups in total. The first kappa shape index (κ1) is 12.4. The Labute approximate surface area is 109 Å². The largest absolute Gasteiger partial charge is 0.374 e. The molecule has 1 saturated heterocycles. The number of carbonyl (C=O) groups is 1. The smallest absolute Gasteiger partial charge is 0.225 e. The maximum absolute atomic E-state index is 12.5. The van der Waals surface area contributed by atoms with Crippen LogP contribution < -0.4 is 5.32 Å². The molecule has 4 unspecified atom stereocenters. The van der Waals surface area contributed by atoms with Crippen LogP contribution in [0, 0.1) is 17.8 Å². The van der Waals surface area contributed by atoms with E-state index in [1.54, 1.807) is 0 Å². The van der Waals surface area contributed by atoms with Crippen molar-refractivity contribution in [2.75, 3.05) is 33.3 Å². The van der Waals surface area contributed by atoms with Gasteiger partial charge < -0.3 is 15.0 Å². The number of amides is 1. The van der Waals surface area contributed by atoms with Gasteiger partial charge in [0.15, 0.2) is 0 Å². The molecule has 4 nitrogen and oxygen atoms in total. The van der Waals surface area contributed by atoms with Gasteiger partial charge in [0.1, 0.15) is 0 Å². The third-order valence-electron chi connectivity index (χ3n) is 4.91. The summed E-state index contributed by atoms with van der Waals surface area (Å²) in [7, 11) is 1.94. The van der Waals surface area contributed by atoms with Crippen LogP contribution in [-0.4, -0.2) is 50.2 Å². The number of ether oxygens (including phenoxy) is 1. The van der Waals surface area contributed by atoms with Crippen molar-refractivity contribution in [3.63, 3.8) is 0 Å². The monoisotopic (exact) mass is 252 g/mol. The fourth-order valence-electron chi connectivity index (χ4n) is 3.96. The lowest BCUT2D eigenvalue weighted by molar-refractivity contribution is -0.138. The molecule has 0 aromatic heterocycles. The van der Waals surface area contributed by atoms with Gasteiger partial charge in [-0.15, -0.1) is 0 Å². The van der Waals surface area contributed by atoms with Crippen molar-refractivity contribution < 1.29 is 9.53 Å². The molecular formula is C14H24N2O2. The molecule has 18 heavy (non-hydrogen) atoms. The van der Waals surface area contributed by atoms with Crippen molar-refractivity contribution in [3.05, 3.63) is 0 Å². The van der Waals surface area contributed by atoms with Gasteiger partial charge >= 0.3 is 0 Å². The van der Waals surface area contributed by atoms with E-state index >= 15 is 0 Å². The minimum atomic E-state index is 0.172. The molecule has 4 heteroatoms. The average molecular weight is 252 g/mol. The van der Waals surface area contributed by atoms with E-state index in [1.807, 2.05) is 11.9 Å². The molecule has 2 saturated carbocycles. The third-order valence-corrected chi connectivity index (χ3v) is 4.91. The lowest BCUT2D eigenvalue weighted by atomic mass is 9.88. The maximum Gasteiger partial charge on any atom is 0.225 e. The average Bonchev–Trinajstić information content (AvgIpc) is 3.01. The van der Waals surface area contributed by atoms with Crippen LogP contribution in [0.2, 0.25) is 0 Å². The molecule has 0 aromatic rings. The molecule has 3 fully saturated rings. The van der Waals surface area contributed by atoms with Crippen LogP contribution in [0.25, 0.3) is 0 Å². The van der Waals surface area contributed by atoms with Crippen molar-refractivity contribution in [2.24, 2.45) is 17.8 Å². The highest BCUT2D eigenvalue weighted by molar-refractivity contribution is 5.79. The lowest BCUT2D eigenvalue weighted by Gasteiger charge is -2.31. The molecule has 2 bridgehead atoms. The molecule has 0 aromatic carbocycles. The fourth-order valence-corrected chi connectivity index (χ4v) is 3.96. The second-order valence-electron chi connectivity index (χ2n) is 6.20. The van der Waals surface area contributed by atoms with E-state index in [1.165, 1.54) is 19.3 Å². The molecule has 4 atom stereocenters. The van der Waals surface area contributed by atoms with Gasteiger partial charge in [0, 0.05) is 32.6 Å². The Morgan fingerprint density at radius 1 is 1.39 bits per heavy atom. The van der Waals surface area contributed by atoms with Crippen molar-refractivity contribution in [1.29, 1.82) is 0 Å². The third kappa shape index (κ3) is 2.41. The standard InChI is InChI=1S/C14H24N2O2/c1-16(9-12-8-15-4-5-18-12)14(17)13-7-10-2-3-11(13)6-10/h10-13,15H,2-9H2,1H3. The Kier molecular flexibility index (Phi) is 3.57. The molecule has 0 spiro atoms. The van der Waals surface area contributed by atoms with Gasteiger partial charge in [-0.2, -0.15) is 0 Å². The van der Waals surface area contributed by atoms with Crippen LogP contribution in [0.3, 0.4) is 0 Å². The van der Waals surface area contributed by atoms with E-state index in [0.717, 1.165) is 38.6 Å². The van der Waals surface area contributed by atoms with E-state index in [-0.39, 0.29) is 6.10 Å². The molecular weight excluding hydrogens is 228 g/mol. The SMILES string of the molecule is CN(CC1CNCCO1)C(=O)C1CC2CCC1C2. The number of morpholine rings is 1. The van der Waals surface area contributed by atoms with Gasteiger partial charge in [-0.1, -0.05) is 6.42 Å². The molecule has 102 valence electrons. The number of likely N-dealkylation sites (N-methyl/N-ethyl adjacent to an activating group) is 1. The fraction of sp³-hybridized carbons (Fsp3) is 0.929. The first-order valence-corrected chi connectivity index (χ1v) is 7.31. The zero-order chi connectivity index (χ0) is 12.5. The summed E-state index contributed by atoms with van der Waals surface area (Å²) in [5.41, 5.74) is 0. The number of rotatable bonds is 3. The van der Waals surface area contributed by atoms with E-state index in [9.17, 15) is 4.79 Å². The highest BCUT2D eigenvalue weighted by atomic mass is 16.5. The van der Waals surface area contributed by atoms with Gasteiger partial charge in [-0.05, 0) is 31.1 Å². The van der Waals surface area contributed by atoms with Crippen LogP contribution in [0.15, 0.2) is 0 Å². The highest BCUT2D eigenvalue weighted by Gasteiger charge is 2.44. The van der Waals surface area contributed by atoms with E-state index in [2.05, 4.69) is 5.32 Å². The summed E-state index contributed by atoms with van der Waals surface area (Å²) >= 11 is 0. The van der Waals surface area contributed by atoms with Crippen LogP contribution >= 0.6 is 0 Å². The second-order valence-corrected chi connectivity index (χ2v) is 6.20.